The molecule has 1 saturated heterocycles. The standard InChI is InChI=1S/C21H23ClN4O2.2ClH/c1-14-24-18-4-2-3-5-19(18)26(14)13-15-12-16(6-7-17(15)22)25-20(27)21(23)8-10-28-11-9-21;;/h2-7,12H,8-11,13,23H2,1H3,(H,25,27);2*1H. The van der Waals surface area contributed by atoms with Crippen molar-refractivity contribution in [3.05, 3.63) is 58.9 Å². The van der Waals surface area contributed by atoms with Gasteiger partial charge >= 0.3 is 0 Å². The van der Waals surface area contributed by atoms with Crippen LogP contribution < -0.4 is 11.1 Å². The SMILES string of the molecule is Cc1nc2ccccc2n1Cc1cc(NC(=O)C2(N)CCOCC2)ccc1Cl.Cl.Cl. The number of amides is 1. The van der Waals surface area contributed by atoms with Crippen LogP contribution in [-0.4, -0.2) is 34.2 Å². The molecule has 1 aliphatic rings. The minimum absolute atomic E-state index is 0. The molecule has 0 saturated carbocycles. The lowest BCUT2D eigenvalue weighted by Gasteiger charge is -2.31. The highest BCUT2D eigenvalue weighted by molar-refractivity contribution is 6.31. The number of carbonyl (C=O) groups excluding carboxylic acids is 1. The van der Waals surface area contributed by atoms with Gasteiger partial charge in [-0.2, -0.15) is 0 Å². The highest BCUT2D eigenvalue weighted by Crippen LogP contribution is 2.26. The molecule has 0 atom stereocenters. The van der Waals surface area contributed by atoms with Crippen molar-refractivity contribution in [1.29, 1.82) is 0 Å². The van der Waals surface area contributed by atoms with Crippen molar-refractivity contribution in [2.45, 2.75) is 31.8 Å². The molecule has 2 aromatic carbocycles. The predicted octanol–water partition coefficient (Wildman–Crippen LogP) is 4.34. The summed E-state index contributed by atoms with van der Waals surface area (Å²) in [4.78, 5) is 17.3. The van der Waals surface area contributed by atoms with Crippen LogP contribution in [0.25, 0.3) is 11.0 Å². The number of nitrogens with one attached hydrogen (secondary N) is 1. The van der Waals surface area contributed by atoms with E-state index in [1.54, 1.807) is 12.1 Å². The number of halogens is 3. The van der Waals surface area contributed by atoms with Crippen LogP contribution >= 0.6 is 36.4 Å². The normalized spacial score (nSPS) is 15.2. The smallest absolute Gasteiger partial charge is 0.244 e. The van der Waals surface area contributed by atoms with E-state index in [2.05, 4.69) is 14.9 Å². The van der Waals surface area contributed by atoms with Gasteiger partial charge in [0.15, 0.2) is 0 Å². The first-order chi connectivity index (χ1) is 13.5. The summed E-state index contributed by atoms with van der Waals surface area (Å²) in [5, 5.41) is 3.59. The largest absolute Gasteiger partial charge is 0.381 e. The van der Waals surface area contributed by atoms with Crippen LogP contribution in [0.2, 0.25) is 5.02 Å². The third-order valence-corrected chi connectivity index (χ3v) is 5.68. The summed E-state index contributed by atoms with van der Waals surface area (Å²) in [7, 11) is 0. The Morgan fingerprint density at radius 3 is 2.67 bits per heavy atom. The Morgan fingerprint density at radius 2 is 1.93 bits per heavy atom. The molecule has 0 spiro atoms. The van der Waals surface area contributed by atoms with Crippen molar-refractivity contribution in [2.75, 3.05) is 18.5 Å². The number of hydrogen-bond acceptors (Lipinski definition) is 4. The second-order valence-corrected chi connectivity index (χ2v) is 7.67. The number of carbonyl (C=O) groups is 1. The van der Waals surface area contributed by atoms with Crippen LogP contribution in [0.15, 0.2) is 42.5 Å². The molecule has 1 aromatic heterocycles. The van der Waals surface area contributed by atoms with Gasteiger partial charge in [-0.3, -0.25) is 4.79 Å². The maximum atomic E-state index is 12.7. The average Bonchev–Trinajstić information content (AvgIpc) is 3.00. The van der Waals surface area contributed by atoms with E-state index in [1.807, 2.05) is 37.3 Å². The summed E-state index contributed by atoms with van der Waals surface area (Å²) >= 11 is 6.44. The molecule has 4 rings (SSSR count). The van der Waals surface area contributed by atoms with Crippen LogP contribution in [0, 0.1) is 6.92 Å². The topological polar surface area (TPSA) is 82.2 Å². The second kappa shape index (κ2) is 9.98. The van der Waals surface area contributed by atoms with Gasteiger partial charge in [0, 0.05) is 23.9 Å². The summed E-state index contributed by atoms with van der Waals surface area (Å²) in [6.45, 7) is 3.55. The first-order valence-electron chi connectivity index (χ1n) is 9.35. The van der Waals surface area contributed by atoms with Crippen LogP contribution in [-0.2, 0) is 16.1 Å². The number of fused-ring (bicyclic) bond motifs is 1. The maximum Gasteiger partial charge on any atom is 0.244 e. The van der Waals surface area contributed by atoms with E-state index in [1.165, 1.54) is 0 Å². The van der Waals surface area contributed by atoms with E-state index < -0.39 is 5.54 Å². The van der Waals surface area contributed by atoms with Crippen LogP contribution in [0.4, 0.5) is 5.69 Å². The van der Waals surface area contributed by atoms with Gasteiger partial charge in [0.05, 0.1) is 17.6 Å². The van der Waals surface area contributed by atoms with Crippen LogP contribution in [0.3, 0.4) is 0 Å². The number of nitrogens with two attached hydrogens (primary N) is 1. The molecule has 3 aromatic rings. The van der Waals surface area contributed by atoms with Gasteiger partial charge in [-0.05, 0) is 55.7 Å². The molecule has 9 heteroatoms. The number of benzene rings is 2. The van der Waals surface area contributed by atoms with E-state index in [4.69, 9.17) is 22.1 Å². The minimum Gasteiger partial charge on any atom is -0.381 e. The molecule has 0 unspecified atom stereocenters. The van der Waals surface area contributed by atoms with Gasteiger partial charge in [0.2, 0.25) is 5.91 Å². The lowest BCUT2D eigenvalue weighted by molar-refractivity contribution is -0.124. The highest BCUT2D eigenvalue weighted by Gasteiger charge is 2.35. The first-order valence-corrected chi connectivity index (χ1v) is 9.72. The van der Waals surface area contributed by atoms with E-state index in [0.29, 0.717) is 43.3 Å². The van der Waals surface area contributed by atoms with Crippen molar-refractivity contribution in [2.24, 2.45) is 5.73 Å². The molecule has 0 radical (unpaired) electrons. The molecule has 162 valence electrons. The summed E-state index contributed by atoms with van der Waals surface area (Å²) in [6.07, 6.45) is 1.03. The third kappa shape index (κ3) is 4.90. The van der Waals surface area contributed by atoms with Gasteiger partial charge in [-0.25, -0.2) is 4.98 Å². The van der Waals surface area contributed by atoms with E-state index in [0.717, 1.165) is 22.4 Å². The fourth-order valence-electron chi connectivity index (χ4n) is 3.56. The van der Waals surface area contributed by atoms with Gasteiger partial charge in [-0.15, -0.1) is 24.8 Å². The molecule has 30 heavy (non-hydrogen) atoms. The van der Waals surface area contributed by atoms with E-state index in [9.17, 15) is 4.79 Å². The number of nitrogens with zero attached hydrogens (tertiary/aromatic N) is 2. The molecule has 2 heterocycles. The number of ether oxygens (including phenoxy) is 1. The van der Waals surface area contributed by atoms with E-state index in [-0.39, 0.29) is 30.7 Å². The lowest BCUT2D eigenvalue weighted by Crippen LogP contribution is -2.54. The number of rotatable bonds is 4. The fraction of sp³-hybridized carbons (Fsp3) is 0.333. The maximum absolute atomic E-state index is 12.7. The summed E-state index contributed by atoms with van der Waals surface area (Å²) in [5.41, 5.74) is 8.97. The van der Waals surface area contributed by atoms with Crippen LogP contribution in [0.5, 0.6) is 0 Å². The Hall–Kier alpha value is -1.83. The zero-order valence-corrected chi connectivity index (χ0v) is 18.9. The fourth-order valence-corrected chi connectivity index (χ4v) is 3.74. The van der Waals surface area contributed by atoms with Crippen molar-refractivity contribution in [3.8, 4) is 0 Å². The Labute approximate surface area is 192 Å². The average molecular weight is 472 g/mol. The summed E-state index contributed by atoms with van der Waals surface area (Å²) in [5.74, 6) is 0.725. The lowest BCUT2D eigenvalue weighted by atomic mass is 9.90. The molecule has 0 bridgehead atoms. The van der Waals surface area contributed by atoms with Gasteiger partial charge < -0.3 is 20.4 Å². The second-order valence-electron chi connectivity index (χ2n) is 7.26. The van der Waals surface area contributed by atoms with Crippen molar-refractivity contribution in [3.63, 3.8) is 0 Å². The summed E-state index contributed by atoms with van der Waals surface area (Å²) < 4.78 is 7.44. The molecule has 0 aliphatic carbocycles. The van der Waals surface area contributed by atoms with Crippen molar-refractivity contribution < 1.29 is 9.53 Å². The molecule has 1 fully saturated rings. The number of para-hydroxylation sites is 2. The number of imidazole rings is 1. The van der Waals surface area contributed by atoms with Gasteiger partial charge in [-0.1, -0.05) is 23.7 Å². The number of anilines is 1. The highest BCUT2D eigenvalue weighted by atomic mass is 35.5. The zero-order valence-electron chi connectivity index (χ0n) is 16.6. The van der Waals surface area contributed by atoms with Gasteiger partial charge in [0.1, 0.15) is 11.4 Å². The minimum atomic E-state index is -0.894. The Kier molecular flexibility index (Phi) is 8.13. The quantitative estimate of drug-likeness (QED) is 0.593. The van der Waals surface area contributed by atoms with Crippen LogP contribution in [0.1, 0.15) is 24.2 Å². The molecular formula is C21H25Cl3N4O2. The Bertz CT molecular complexity index is 1030. The summed E-state index contributed by atoms with van der Waals surface area (Å²) in [6, 6.07) is 13.5. The monoisotopic (exact) mass is 470 g/mol. The van der Waals surface area contributed by atoms with Gasteiger partial charge in [0.25, 0.3) is 0 Å². The van der Waals surface area contributed by atoms with Crippen molar-refractivity contribution >= 4 is 59.0 Å². The number of aromatic nitrogens is 2. The Balaban J connectivity index is 0.00000160. The Morgan fingerprint density at radius 1 is 1.23 bits per heavy atom. The molecule has 3 N–H and O–H groups in total. The molecule has 6 nitrogen and oxygen atoms in total. The molecular weight excluding hydrogens is 447 g/mol. The van der Waals surface area contributed by atoms with Crippen molar-refractivity contribution in [1.82, 2.24) is 9.55 Å². The third-order valence-electron chi connectivity index (χ3n) is 5.31. The predicted molar refractivity (Wildman–Crippen MR) is 125 cm³/mol. The molecule has 1 aliphatic heterocycles. The van der Waals surface area contributed by atoms with E-state index >= 15 is 0 Å². The zero-order chi connectivity index (χ0) is 19.7. The molecule has 1 amide bonds. The number of aryl methyl sites for hydroxylation is 1. The first kappa shape index (κ1) is 24.4. The number of hydrogen-bond donors (Lipinski definition) is 2.